The Hall–Kier alpha value is -1.82. The van der Waals surface area contributed by atoms with Crippen molar-refractivity contribution in [1.29, 1.82) is 5.26 Å². The lowest BCUT2D eigenvalue weighted by Crippen LogP contribution is -2.39. The first kappa shape index (κ1) is 12.6. The first-order chi connectivity index (χ1) is 8.72. The molecule has 0 spiro atoms. The van der Waals surface area contributed by atoms with Crippen molar-refractivity contribution in [2.75, 3.05) is 0 Å². The zero-order valence-corrected chi connectivity index (χ0v) is 10.6. The number of nitrogens with zero attached hydrogens (tertiary/aromatic N) is 1. The average Bonchev–Trinajstić information content (AvgIpc) is 2.86. The molecule has 1 aliphatic rings. The van der Waals surface area contributed by atoms with Crippen LogP contribution in [-0.2, 0) is 4.79 Å². The fourth-order valence-electron chi connectivity index (χ4n) is 2.49. The Bertz CT molecular complexity index is 449. The molecule has 1 aliphatic carbocycles. The van der Waals surface area contributed by atoms with Crippen LogP contribution in [0.3, 0.4) is 0 Å². The quantitative estimate of drug-likeness (QED) is 0.885. The molecule has 94 valence electrons. The SMILES string of the molecule is CC(C(=O)NC1CCCC1C#N)c1ccccc1. The van der Waals surface area contributed by atoms with E-state index in [2.05, 4.69) is 11.4 Å². The highest BCUT2D eigenvalue weighted by Gasteiger charge is 2.29. The van der Waals surface area contributed by atoms with E-state index in [1.165, 1.54) is 0 Å². The van der Waals surface area contributed by atoms with Gasteiger partial charge in [0.1, 0.15) is 0 Å². The molecule has 0 heterocycles. The van der Waals surface area contributed by atoms with Crippen molar-refractivity contribution < 1.29 is 4.79 Å². The highest BCUT2D eigenvalue weighted by Crippen LogP contribution is 2.25. The number of hydrogen-bond donors (Lipinski definition) is 1. The van der Waals surface area contributed by atoms with Crippen LogP contribution in [0.5, 0.6) is 0 Å². The lowest BCUT2D eigenvalue weighted by molar-refractivity contribution is -0.123. The average molecular weight is 242 g/mol. The van der Waals surface area contributed by atoms with Gasteiger partial charge in [-0.05, 0) is 31.7 Å². The van der Waals surface area contributed by atoms with Gasteiger partial charge in [0.15, 0.2) is 0 Å². The van der Waals surface area contributed by atoms with Crippen molar-refractivity contribution in [2.24, 2.45) is 5.92 Å². The van der Waals surface area contributed by atoms with Gasteiger partial charge in [0.25, 0.3) is 0 Å². The first-order valence-electron chi connectivity index (χ1n) is 6.47. The summed E-state index contributed by atoms with van der Waals surface area (Å²) in [5, 5.41) is 12.0. The summed E-state index contributed by atoms with van der Waals surface area (Å²) in [4.78, 5) is 12.1. The van der Waals surface area contributed by atoms with Crippen LogP contribution in [0.1, 0.15) is 37.7 Å². The van der Waals surface area contributed by atoms with Crippen molar-refractivity contribution in [1.82, 2.24) is 5.32 Å². The molecule has 3 unspecified atom stereocenters. The van der Waals surface area contributed by atoms with Crippen LogP contribution in [-0.4, -0.2) is 11.9 Å². The predicted octanol–water partition coefficient (Wildman–Crippen LogP) is 2.60. The number of carbonyl (C=O) groups excluding carboxylic acids is 1. The predicted molar refractivity (Wildman–Crippen MR) is 69.7 cm³/mol. The van der Waals surface area contributed by atoms with Gasteiger partial charge < -0.3 is 5.32 Å². The minimum Gasteiger partial charge on any atom is -0.352 e. The Morgan fingerprint density at radius 3 is 2.78 bits per heavy atom. The third-order valence-corrected chi connectivity index (χ3v) is 3.70. The van der Waals surface area contributed by atoms with Gasteiger partial charge in [-0.25, -0.2) is 0 Å². The molecule has 3 atom stereocenters. The number of amides is 1. The van der Waals surface area contributed by atoms with Gasteiger partial charge in [0.2, 0.25) is 5.91 Å². The summed E-state index contributed by atoms with van der Waals surface area (Å²) < 4.78 is 0. The van der Waals surface area contributed by atoms with Gasteiger partial charge in [0, 0.05) is 6.04 Å². The monoisotopic (exact) mass is 242 g/mol. The topological polar surface area (TPSA) is 52.9 Å². The minimum atomic E-state index is -0.161. The molecule has 0 saturated heterocycles. The van der Waals surface area contributed by atoms with Crippen LogP contribution in [0.15, 0.2) is 30.3 Å². The van der Waals surface area contributed by atoms with Gasteiger partial charge in [0.05, 0.1) is 17.9 Å². The lowest BCUT2D eigenvalue weighted by Gasteiger charge is -2.19. The zero-order valence-electron chi connectivity index (χ0n) is 10.6. The molecule has 3 nitrogen and oxygen atoms in total. The van der Waals surface area contributed by atoms with Crippen molar-refractivity contribution in [3.8, 4) is 6.07 Å². The summed E-state index contributed by atoms with van der Waals surface area (Å²) in [6, 6.07) is 12.1. The van der Waals surface area contributed by atoms with E-state index in [0.717, 1.165) is 24.8 Å². The maximum atomic E-state index is 12.1. The standard InChI is InChI=1S/C15H18N2O/c1-11(12-6-3-2-4-7-12)15(18)17-14-9-5-8-13(14)10-16/h2-4,6-7,11,13-14H,5,8-9H2,1H3,(H,17,18). The Morgan fingerprint density at radius 1 is 1.39 bits per heavy atom. The van der Waals surface area contributed by atoms with Crippen molar-refractivity contribution in [2.45, 2.75) is 38.1 Å². The third-order valence-electron chi connectivity index (χ3n) is 3.70. The number of benzene rings is 1. The van der Waals surface area contributed by atoms with Crippen LogP contribution >= 0.6 is 0 Å². The molecule has 18 heavy (non-hydrogen) atoms. The summed E-state index contributed by atoms with van der Waals surface area (Å²) in [5.74, 6) is -0.156. The van der Waals surface area contributed by atoms with Gasteiger partial charge in [-0.3, -0.25) is 4.79 Å². The van der Waals surface area contributed by atoms with E-state index >= 15 is 0 Å². The molecule has 1 aromatic rings. The molecule has 0 bridgehead atoms. The number of hydrogen-bond acceptors (Lipinski definition) is 2. The summed E-state index contributed by atoms with van der Waals surface area (Å²) >= 11 is 0. The second-order valence-corrected chi connectivity index (χ2v) is 4.91. The van der Waals surface area contributed by atoms with E-state index < -0.39 is 0 Å². The number of nitrogens with one attached hydrogen (secondary N) is 1. The fourth-order valence-corrected chi connectivity index (χ4v) is 2.49. The van der Waals surface area contributed by atoms with E-state index in [-0.39, 0.29) is 23.8 Å². The normalized spacial score (nSPS) is 24.2. The number of nitriles is 1. The van der Waals surface area contributed by atoms with Crippen LogP contribution in [0.25, 0.3) is 0 Å². The zero-order chi connectivity index (χ0) is 13.0. The third kappa shape index (κ3) is 2.70. The van der Waals surface area contributed by atoms with Crippen LogP contribution < -0.4 is 5.32 Å². The van der Waals surface area contributed by atoms with Crippen molar-refractivity contribution in [3.05, 3.63) is 35.9 Å². The van der Waals surface area contributed by atoms with Gasteiger partial charge >= 0.3 is 0 Å². The smallest absolute Gasteiger partial charge is 0.227 e. The minimum absolute atomic E-state index is 0.0167. The molecule has 3 heteroatoms. The lowest BCUT2D eigenvalue weighted by atomic mass is 9.99. The highest BCUT2D eigenvalue weighted by molar-refractivity contribution is 5.83. The highest BCUT2D eigenvalue weighted by atomic mass is 16.1. The molecule has 1 aromatic carbocycles. The summed E-state index contributed by atoms with van der Waals surface area (Å²) in [7, 11) is 0. The van der Waals surface area contributed by atoms with Crippen LogP contribution in [0.2, 0.25) is 0 Å². The van der Waals surface area contributed by atoms with E-state index in [9.17, 15) is 4.79 Å². The van der Waals surface area contributed by atoms with E-state index in [1.807, 2.05) is 37.3 Å². The Balaban J connectivity index is 1.98. The van der Waals surface area contributed by atoms with Gasteiger partial charge in [-0.15, -0.1) is 0 Å². The molecule has 1 saturated carbocycles. The van der Waals surface area contributed by atoms with E-state index in [1.54, 1.807) is 0 Å². The van der Waals surface area contributed by atoms with Gasteiger partial charge in [-0.1, -0.05) is 30.3 Å². The van der Waals surface area contributed by atoms with Crippen molar-refractivity contribution >= 4 is 5.91 Å². The van der Waals surface area contributed by atoms with Crippen molar-refractivity contribution in [3.63, 3.8) is 0 Å². The summed E-state index contributed by atoms with van der Waals surface area (Å²) in [6.07, 6.45) is 2.86. The second kappa shape index (κ2) is 5.68. The molecule has 0 radical (unpaired) electrons. The summed E-state index contributed by atoms with van der Waals surface area (Å²) in [6.45, 7) is 1.90. The molecule has 0 aromatic heterocycles. The Morgan fingerprint density at radius 2 is 2.11 bits per heavy atom. The van der Waals surface area contributed by atoms with Crippen LogP contribution in [0.4, 0.5) is 0 Å². The molecule has 0 aliphatic heterocycles. The number of carbonyl (C=O) groups is 1. The van der Waals surface area contributed by atoms with E-state index in [0.29, 0.717) is 0 Å². The maximum Gasteiger partial charge on any atom is 0.227 e. The van der Waals surface area contributed by atoms with Gasteiger partial charge in [-0.2, -0.15) is 5.26 Å². The fraction of sp³-hybridized carbons (Fsp3) is 0.467. The summed E-state index contributed by atoms with van der Waals surface area (Å²) in [5.41, 5.74) is 1.02. The molecular weight excluding hydrogens is 224 g/mol. The van der Waals surface area contributed by atoms with E-state index in [4.69, 9.17) is 5.26 Å². The first-order valence-corrected chi connectivity index (χ1v) is 6.47. The molecule has 1 fully saturated rings. The molecule has 1 amide bonds. The maximum absolute atomic E-state index is 12.1. The Kier molecular flexibility index (Phi) is 3.99. The molecule has 1 N–H and O–H groups in total. The van der Waals surface area contributed by atoms with Crippen LogP contribution in [0, 0.1) is 17.2 Å². The molecule has 2 rings (SSSR count). The molecular formula is C15H18N2O. The Labute approximate surface area is 108 Å². The largest absolute Gasteiger partial charge is 0.352 e. The second-order valence-electron chi connectivity index (χ2n) is 4.91. The number of rotatable bonds is 3.